The van der Waals surface area contributed by atoms with Gasteiger partial charge in [-0.2, -0.15) is 4.31 Å². The van der Waals surface area contributed by atoms with Crippen LogP contribution in [-0.2, 0) is 16.6 Å². The van der Waals surface area contributed by atoms with Gasteiger partial charge < -0.3 is 4.42 Å². The summed E-state index contributed by atoms with van der Waals surface area (Å²) in [6.07, 6.45) is 1.68. The van der Waals surface area contributed by atoms with Crippen LogP contribution in [0.2, 0.25) is 0 Å². The van der Waals surface area contributed by atoms with E-state index in [1.165, 1.54) is 4.31 Å². The number of hydrogen-bond acceptors (Lipinski definition) is 5. The molecule has 0 radical (unpaired) electrons. The highest BCUT2D eigenvalue weighted by molar-refractivity contribution is 9.10. The molecule has 1 aliphatic rings. The van der Waals surface area contributed by atoms with Crippen LogP contribution in [-0.4, -0.2) is 29.0 Å². The van der Waals surface area contributed by atoms with Crippen molar-refractivity contribution in [2.45, 2.75) is 58.0 Å². The maximum absolute atomic E-state index is 13.7. The van der Waals surface area contributed by atoms with Crippen LogP contribution in [0.1, 0.15) is 41.0 Å². The van der Waals surface area contributed by atoms with Crippen molar-refractivity contribution in [1.29, 1.82) is 0 Å². The molecule has 1 aromatic heterocycles. The molecule has 0 spiro atoms. The SMILES string of the molecule is Cc1cc(C)c(C)c(S(=O)(=O)N(Cc2nnc(-c3ccccc3Br)o2)C2CC2)c1C. The second-order valence-electron chi connectivity index (χ2n) is 7.85. The van der Waals surface area contributed by atoms with Crippen LogP contribution in [0.5, 0.6) is 0 Å². The molecule has 4 rings (SSSR count). The summed E-state index contributed by atoms with van der Waals surface area (Å²) in [5.74, 6) is 0.653. The zero-order valence-electron chi connectivity index (χ0n) is 17.4. The van der Waals surface area contributed by atoms with E-state index in [1.54, 1.807) is 0 Å². The highest BCUT2D eigenvalue weighted by Gasteiger charge is 2.40. The summed E-state index contributed by atoms with van der Waals surface area (Å²) in [7, 11) is -3.71. The largest absolute Gasteiger partial charge is 0.419 e. The number of halogens is 1. The average Bonchev–Trinajstić information content (AvgIpc) is 3.42. The molecule has 1 saturated carbocycles. The maximum Gasteiger partial charge on any atom is 0.248 e. The first-order valence-electron chi connectivity index (χ1n) is 9.86. The number of sulfonamides is 1. The van der Waals surface area contributed by atoms with Crippen LogP contribution in [0.15, 0.2) is 44.1 Å². The monoisotopic (exact) mass is 489 g/mol. The van der Waals surface area contributed by atoms with Crippen molar-refractivity contribution in [3.8, 4) is 11.5 Å². The lowest BCUT2D eigenvalue weighted by molar-refractivity contribution is 0.350. The van der Waals surface area contributed by atoms with Crippen molar-refractivity contribution < 1.29 is 12.8 Å². The van der Waals surface area contributed by atoms with E-state index in [2.05, 4.69) is 26.1 Å². The number of benzene rings is 2. The van der Waals surface area contributed by atoms with Gasteiger partial charge in [0.1, 0.15) is 0 Å². The molecule has 1 aliphatic carbocycles. The molecule has 30 heavy (non-hydrogen) atoms. The fourth-order valence-corrected chi connectivity index (χ4v) is 6.32. The Morgan fingerprint density at radius 1 is 1.07 bits per heavy atom. The molecular weight excluding hydrogens is 466 g/mol. The van der Waals surface area contributed by atoms with E-state index in [4.69, 9.17) is 4.42 Å². The van der Waals surface area contributed by atoms with Gasteiger partial charge in [0.05, 0.1) is 17.0 Å². The van der Waals surface area contributed by atoms with Crippen molar-refractivity contribution in [3.63, 3.8) is 0 Å². The minimum Gasteiger partial charge on any atom is -0.419 e. The summed E-state index contributed by atoms with van der Waals surface area (Å²) in [5.41, 5.74) is 4.31. The standard InChI is InChI=1S/C22H24BrN3O3S/c1-13-11-14(2)16(4)21(15(13)3)30(27,28)26(17-9-10-17)12-20-24-25-22(29-20)18-7-5-6-8-19(18)23/h5-8,11,17H,9-10,12H2,1-4H3. The van der Waals surface area contributed by atoms with Gasteiger partial charge in [-0.15, -0.1) is 10.2 Å². The van der Waals surface area contributed by atoms with E-state index < -0.39 is 10.0 Å². The first kappa shape index (κ1) is 21.2. The Balaban J connectivity index is 1.71. The van der Waals surface area contributed by atoms with Crippen LogP contribution in [0.4, 0.5) is 0 Å². The van der Waals surface area contributed by atoms with Crippen LogP contribution in [0.25, 0.3) is 11.5 Å². The highest BCUT2D eigenvalue weighted by atomic mass is 79.9. The van der Waals surface area contributed by atoms with Crippen LogP contribution in [0, 0.1) is 27.7 Å². The Morgan fingerprint density at radius 2 is 1.70 bits per heavy atom. The Bertz CT molecular complexity index is 1190. The minimum atomic E-state index is -3.71. The lowest BCUT2D eigenvalue weighted by Crippen LogP contribution is -2.34. The van der Waals surface area contributed by atoms with Gasteiger partial charge in [0.2, 0.25) is 21.8 Å². The lowest BCUT2D eigenvalue weighted by atomic mass is 10.0. The number of aryl methyl sites for hydroxylation is 2. The number of aromatic nitrogens is 2. The van der Waals surface area contributed by atoms with E-state index in [0.29, 0.717) is 10.8 Å². The number of rotatable bonds is 6. The Kier molecular flexibility index (Phi) is 5.59. The maximum atomic E-state index is 13.7. The van der Waals surface area contributed by atoms with Crippen molar-refractivity contribution >= 4 is 26.0 Å². The molecule has 0 atom stereocenters. The van der Waals surface area contributed by atoms with E-state index in [9.17, 15) is 8.42 Å². The average molecular weight is 490 g/mol. The molecule has 0 N–H and O–H groups in total. The highest BCUT2D eigenvalue weighted by Crippen LogP contribution is 2.37. The minimum absolute atomic E-state index is 0.0339. The van der Waals surface area contributed by atoms with Crippen LogP contribution in [0.3, 0.4) is 0 Å². The number of nitrogens with zero attached hydrogens (tertiary/aromatic N) is 3. The van der Waals surface area contributed by atoms with Crippen molar-refractivity contribution in [1.82, 2.24) is 14.5 Å². The molecule has 0 unspecified atom stereocenters. The normalized spacial score (nSPS) is 14.5. The van der Waals surface area contributed by atoms with Crippen molar-refractivity contribution in [2.24, 2.45) is 0 Å². The zero-order chi connectivity index (χ0) is 21.6. The van der Waals surface area contributed by atoms with Crippen molar-refractivity contribution in [3.05, 3.63) is 62.9 Å². The topological polar surface area (TPSA) is 76.3 Å². The third kappa shape index (κ3) is 3.84. The molecule has 2 aromatic carbocycles. The van der Waals surface area contributed by atoms with E-state index in [0.717, 1.165) is 45.1 Å². The Labute approximate surface area is 185 Å². The quantitative estimate of drug-likeness (QED) is 0.482. The van der Waals surface area contributed by atoms with Gasteiger partial charge in [0, 0.05) is 10.5 Å². The molecule has 6 nitrogen and oxygen atoms in total. The predicted octanol–water partition coefficient (Wildman–Crippen LogP) is 5.09. The first-order valence-corrected chi connectivity index (χ1v) is 12.1. The summed E-state index contributed by atoms with van der Waals surface area (Å²) in [4.78, 5) is 0.400. The van der Waals surface area contributed by atoms with Gasteiger partial charge in [0.15, 0.2) is 0 Å². The van der Waals surface area contributed by atoms with Gasteiger partial charge in [-0.1, -0.05) is 18.2 Å². The second-order valence-corrected chi connectivity index (χ2v) is 10.5. The molecule has 8 heteroatoms. The zero-order valence-corrected chi connectivity index (χ0v) is 19.8. The van der Waals surface area contributed by atoms with Crippen LogP contribution < -0.4 is 0 Å². The summed E-state index contributed by atoms with van der Waals surface area (Å²) in [6, 6.07) is 9.56. The molecule has 0 aliphatic heterocycles. The Morgan fingerprint density at radius 3 is 2.30 bits per heavy atom. The van der Waals surface area contributed by atoms with E-state index >= 15 is 0 Å². The fourth-order valence-electron chi connectivity index (χ4n) is 3.65. The van der Waals surface area contributed by atoms with E-state index in [1.807, 2.05) is 58.0 Å². The summed E-state index contributed by atoms with van der Waals surface area (Å²) < 4.78 is 35.7. The lowest BCUT2D eigenvalue weighted by Gasteiger charge is -2.24. The summed E-state index contributed by atoms with van der Waals surface area (Å²) in [5, 5.41) is 8.26. The molecule has 158 valence electrons. The Hall–Kier alpha value is -2.03. The van der Waals surface area contributed by atoms with Gasteiger partial charge in [0.25, 0.3) is 0 Å². The molecule has 0 amide bonds. The van der Waals surface area contributed by atoms with Gasteiger partial charge in [-0.05, 0) is 90.9 Å². The first-order chi connectivity index (χ1) is 14.2. The molecular formula is C22H24BrN3O3S. The van der Waals surface area contributed by atoms with Crippen LogP contribution >= 0.6 is 15.9 Å². The molecule has 0 bridgehead atoms. The van der Waals surface area contributed by atoms with Gasteiger partial charge >= 0.3 is 0 Å². The molecule has 1 fully saturated rings. The fraction of sp³-hybridized carbons (Fsp3) is 0.364. The third-order valence-electron chi connectivity index (χ3n) is 5.68. The molecule has 3 aromatic rings. The third-order valence-corrected chi connectivity index (χ3v) is 8.54. The smallest absolute Gasteiger partial charge is 0.248 e. The van der Waals surface area contributed by atoms with Gasteiger partial charge in [-0.3, -0.25) is 0 Å². The van der Waals surface area contributed by atoms with Gasteiger partial charge in [-0.25, -0.2) is 8.42 Å². The predicted molar refractivity (Wildman–Crippen MR) is 119 cm³/mol. The van der Waals surface area contributed by atoms with Crippen molar-refractivity contribution in [2.75, 3.05) is 0 Å². The molecule has 1 heterocycles. The second kappa shape index (κ2) is 7.90. The molecule has 0 saturated heterocycles. The number of hydrogen-bond donors (Lipinski definition) is 0. The summed E-state index contributed by atoms with van der Waals surface area (Å²) >= 11 is 3.48. The summed E-state index contributed by atoms with van der Waals surface area (Å²) in [6.45, 7) is 7.71. The van der Waals surface area contributed by atoms with E-state index in [-0.39, 0.29) is 18.5 Å².